The lowest BCUT2D eigenvalue weighted by molar-refractivity contribution is -0.168. The molecule has 1 aliphatic rings. The zero-order valence-corrected chi connectivity index (χ0v) is 8.76. The Morgan fingerprint density at radius 3 is 2.00 bits per heavy atom. The van der Waals surface area contributed by atoms with E-state index in [0.29, 0.717) is 11.5 Å². The quantitative estimate of drug-likeness (QED) is 0.465. The zero-order chi connectivity index (χ0) is 11.6. The molecule has 0 saturated carbocycles. The van der Waals surface area contributed by atoms with Crippen LogP contribution < -0.4 is 0 Å². The summed E-state index contributed by atoms with van der Waals surface area (Å²) < 4.78 is 36.1. The largest absolute Gasteiger partial charge is 0.477 e. The van der Waals surface area contributed by atoms with Crippen molar-refractivity contribution in [2.24, 2.45) is 0 Å². The number of Topliss-reactive ketones (excluding diaryl/α,β-unsaturated/α-hetero) is 1. The van der Waals surface area contributed by atoms with Crippen molar-refractivity contribution in [3.05, 3.63) is 9.81 Å². The molecule has 1 saturated heterocycles. The van der Waals surface area contributed by atoms with E-state index < -0.39 is 23.5 Å². The van der Waals surface area contributed by atoms with Gasteiger partial charge in [0.05, 0.1) is 4.24 Å². The molecule has 8 heteroatoms. The molecule has 1 rings (SSSR count). The summed E-state index contributed by atoms with van der Waals surface area (Å²) in [7, 11) is 0. The third-order valence-corrected chi connectivity index (χ3v) is 4.17. The molecule has 0 bridgehead atoms. The van der Waals surface area contributed by atoms with Gasteiger partial charge in [0.2, 0.25) is 0 Å². The summed E-state index contributed by atoms with van der Waals surface area (Å²) in [4.78, 5) is 21.4. The van der Waals surface area contributed by atoms with Crippen molar-refractivity contribution in [1.29, 1.82) is 0 Å². The van der Waals surface area contributed by atoms with Crippen molar-refractivity contribution in [3.63, 3.8) is 0 Å². The lowest BCUT2D eigenvalue weighted by Gasteiger charge is -2.07. The maximum absolute atomic E-state index is 12.0. The number of alkyl halides is 3. The highest BCUT2D eigenvalue weighted by atomic mass is 32.2. The lowest BCUT2D eigenvalue weighted by Crippen LogP contribution is -2.28. The Morgan fingerprint density at radius 1 is 1.20 bits per heavy atom. The van der Waals surface area contributed by atoms with Gasteiger partial charge < -0.3 is 5.11 Å². The van der Waals surface area contributed by atoms with Crippen LogP contribution in [0.3, 0.4) is 0 Å². The molecule has 1 heterocycles. The maximum atomic E-state index is 12.0. The summed E-state index contributed by atoms with van der Waals surface area (Å²) >= 11 is 1.93. The third kappa shape index (κ3) is 2.91. The van der Waals surface area contributed by atoms with Crippen LogP contribution >= 0.6 is 23.5 Å². The van der Waals surface area contributed by atoms with Gasteiger partial charge in [0.15, 0.2) is 0 Å². The average molecular weight is 258 g/mol. The summed E-state index contributed by atoms with van der Waals surface area (Å²) in [6, 6.07) is 0. The standard InChI is InChI=1S/C7H5F3O3S2/c8-7(9,10)4(11)3(5(12)13)6-14-1-2-15-6/h1-2H2,(H,12,13). The van der Waals surface area contributed by atoms with E-state index >= 15 is 0 Å². The van der Waals surface area contributed by atoms with Crippen LogP contribution in [0.15, 0.2) is 9.81 Å². The number of carboxylic acid groups (broad SMARTS) is 1. The Morgan fingerprint density at radius 2 is 1.67 bits per heavy atom. The molecule has 0 aromatic heterocycles. The number of carboxylic acids is 1. The number of carbonyl (C=O) groups excluding carboxylic acids is 1. The molecule has 15 heavy (non-hydrogen) atoms. The van der Waals surface area contributed by atoms with Crippen LogP contribution in [0.1, 0.15) is 0 Å². The number of halogens is 3. The van der Waals surface area contributed by atoms with E-state index in [1.165, 1.54) is 0 Å². The Bertz CT molecular complexity index is 327. The Hall–Kier alpha value is -0.630. The molecule has 84 valence electrons. The Labute approximate surface area is 91.1 Å². The first-order chi connectivity index (χ1) is 6.84. The van der Waals surface area contributed by atoms with Crippen LogP contribution in [-0.2, 0) is 9.59 Å². The first kappa shape index (κ1) is 12.4. The minimum atomic E-state index is -5.13. The van der Waals surface area contributed by atoms with Gasteiger partial charge in [0.1, 0.15) is 5.57 Å². The molecule has 0 radical (unpaired) electrons. The monoisotopic (exact) mass is 258 g/mol. The van der Waals surface area contributed by atoms with Gasteiger partial charge >= 0.3 is 12.1 Å². The van der Waals surface area contributed by atoms with Gasteiger partial charge in [-0.15, -0.1) is 23.5 Å². The van der Waals surface area contributed by atoms with Gasteiger partial charge in [0, 0.05) is 11.5 Å². The van der Waals surface area contributed by atoms with Crippen molar-refractivity contribution < 1.29 is 27.9 Å². The molecule has 0 amide bonds. The van der Waals surface area contributed by atoms with Crippen molar-refractivity contribution in [1.82, 2.24) is 0 Å². The molecule has 0 spiro atoms. The van der Waals surface area contributed by atoms with Gasteiger partial charge in [-0.25, -0.2) is 4.79 Å². The minimum absolute atomic E-state index is 0.0511. The highest BCUT2D eigenvalue weighted by Gasteiger charge is 2.45. The van der Waals surface area contributed by atoms with Crippen molar-refractivity contribution in [3.8, 4) is 0 Å². The van der Waals surface area contributed by atoms with E-state index in [1.807, 2.05) is 0 Å². The fraction of sp³-hybridized carbons (Fsp3) is 0.429. The van der Waals surface area contributed by atoms with Crippen LogP contribution in [0, 0.1) is 0 Å². The second-order valence-corrected chi connectivity index (χ2v) is 4.96. The second-order valence-electron chi connectivity index (χ2n) is 2.49. The molecule has 0 aromatic rings. The number of hydrogen-bond donors (Lipinski definition) is 1. The van der Waals surface area contributed by atoms with Crippen LogP contribution in [-0.4, -0.2) is 34.5 Å². The molecule has 0 atom stereocenters. The Kier molecular flexibility index (Phi) is 3.72. The van der Waals surface area contributed by atoms with Crippen molar-refractivity contribution >= 4 is 35.3 Å². The van der Waals surface area contributed by atoms with Gasteiger partial charge in [-0.2, -0.15) is 13.2 Å². The normalized spacial score (nSPS) is 16.6. The smallest absolute Gasteiger partial charge is 0.455 e. The SMILES string of the molecule is O=C(O)C(C(=O)C(F)(F)F)=C1SCCS1. The van der Waals surface area contributed by atoms with Gasteiger partial charge in [-0.3, -0.25) is 4.79 Å². The molecule has 1 aliphatic heterocycles. The first-order valence-electron chi connectivity index (χ1n) is 3.68. The lowest BCUT2D eigenvalue weighted by atomic mass is 10.2. The fourth-order valence-electron chi connectivity index (χ4n) is 0.874. The van der Waals surface area contributed by atoms with Crippen LogP contribution in [0.5, 0.6) is 0 Å². The molecular formula is C7H5F3O3S2. The molecule has 0 aromatic carbocycles. The van der Waals surface area contributed by atoms with Crippen molar-refractivity contribution in [2.45, 2.75) is 6.18 Å². The van der Waals surface area contributed by atoms with Crippen LogP contribution in [0.25, 0.3) is 0 Å². The van der Waals surface area contributed by atoms with Gasteiger partial charge in [-0.05, 0) is 0 Å². The van der Waals surface area contributed by atoms with E-state index in [1.54, 1.807) is 0 Å². The fourth-order valence-corrected chi connectivity index (χ4v) is 3.39. The topological polar surface area (TPSA) is 54.4 Å². The average Bonchev–Trinajstić information content (AvgIpc) is 2.54. The summed E-state index contributed by atoms with van der Waals surface area (Å²) in [5.41, 5.74) is -1.16. The highest BCUT2D eigenvalue weighted by molar-refractivity contribution is 8.25. The predicted octanol–water partition coefficient (Wildman–Crippen LogP) is 1.89. The van der Waals surface area contributed by atoms with Crippen LogP contribution in [0.4, 0.5) is 13.2 Å². The summed E-state index contributed by atoms with van der Waals surface area (Å²) in [6.07, 6.45) is -5.13. The van der Waals surface area contributed by atoms with Gasteiger partial charge in [0.25, 0.3) is 5.78 Å². The number of ketones is 1. The summed E-state index contributed by atoms with van der Waals surface area (Å²) in [5.74, 6) is -3.08. The number of thioether (sulfide) groups is 2. The zero-order valence-electron chi connectivity index (χ0n) is 7.13. The minimum Gasteiger partial charge on any atom is -0.477 e. The Balaban J connectivity index is 3.09. The molecule has 1 N–H and O–H groups in total. The molecule has 0 unspecified atom stereocenters. The molecule has 1 fully saturated rings. The second kappa shape index (κ2) is 4.48. The van der Waals surface area contributed by atoms with E-state index in [-0.39, 0.29) is 4.24 Å². The van der Waals surface area contributed by atoms with Crippen LogP contribution in [0.2, 0.25) is 0 Å². The first-order valence-corrected chi connectivity index (χ1v) is 5.66. The van der Waals surface area contributed by atoms with E-state index in [0.717, 1.165) is 23.5 Å². The molecule has 3 nitrogen and oxygen atoms in total. The molecular weight excluding hydrogens is 253 g/mol. The van der Waals surface area contributed by atoms with E-state index in [2.05, 4.69) is 0 Å². The third-order valence-electron chi connectivity index (χ3n) is 1.45. The highest BCUT2D eigenvalue weighted by Crippen LogP contribution is 2.40. The number of aliphatic carboxylic acids is 1. The maximum Gasteiger partial charge on any atom is 0.455 e. The number of carbonyl (C=O) groups is 2. The number of rotatable bonds is 2. The summed E-state index contributed by atoms with van der Waals surface area (Å²) in [5, 5.41) is 8.56. The van der Waals surface area contributed by atoms with Gasteiger partial charge in [-0.1, -0.05) is 0 Å². The van der Waals surface area contributed by atoms with Crippen molar-refractivity contribution in [2.75, 3.05) is 11.5 Å². The predicted molar refractivity (Wildman–Crippen MR) is 50.6 cm³/mol. The summed E-state index contributed by atoms with van der Waals surface area (Å²) in [6.45, 7) is 0. The number of hydrogen-bond acceptors (Lipinski definition) is 4. The van der Waals surface area contributed by atoms with E-state index in [4.69, 9.17) is 5.11 Å². The van der Waals surface area contributed by atoms with E-state index in [9.17, 15) is 22.8 Å². The molecule has 0 aliphatic carbocycles.